The zero-order chi connectivity index (χ0) is 21.5. The fourth-order valence-electron chi connectivity index (χ4n) is 3.42. The van der Waals surface area contributed by atoms with E-state index in [4.69, 9.17) is 9.47 Å². The highest BCUT2D eigenvalue weighted by atomic mass is 16.5. The van der Waals surface area contributed by atoms with Crippen molar-refractivity contribution in [2.24, 2.45) is 0 Å². The summed E-state index contributed by atoms with van der Waals surface area (Å²) in [5.74, 6) is 0.681. The zero-order valence-corrected chi connectivity index (χ0v) is 17.0. The lowest BCUT2D eigenvalue weighted by molar-refractivity contribution is 0.0858. The summed E-state index contributed by atoms with van der Waals surface area (Å²) in [5.41, 5.74) is 1.29. The molecule has 0 bridgehead atoms. The first kappa shape index (κ1) is 20.6. The third-order valence-corrected chi connectivity index (χ3v) is 5.01. The Hall–Kier alpha value is -3.64. The number of anilines is 1. The van der Waals surface area contributed by atoms with Gasteiger partial charge in [-0.1, -0.05) is 36.4 Å². The predicted molar refractivity (Wildman–Crippen MR) is 119 cm³/mol. The summed E-state index contributed by atoms with van der Waals surface area (Å²) in [4.78, 5) is 25.5. The van der Waals surface area contributed by atoms with Gasteiger partial charge in [0.05, 0.1) is 17.4 Å². The average molecular weight is 416 g/mol. The number of ether oxygens (including phenoxy) is 2. The molecule has 158 valence electrons. The van der Waals surface area contributed by atoms with Crippen molar-refractivity contribution in [3.63, 3.8) is 0 Å². The monoisotopic (exact) mass is 416 g/mol. The molecule has 3 aromatic carbocycles. The van der Waals surface area contributed by atoms with Crippen LogP contribution in [0.5, 0.6) is 11.5 Å². The number of carbonyl (C=O) groups is 2. The van der Waals surface area contributed by atoms with Crippen LogP contribution in [0.3, 0.4) is 0 Å². The molecule has 2 amide bonds. The van der Waals surface area contributed by atoms with Crippen LogP contribution in [0.15, 0.2) is 78.9 Å². The molecule has 0 radical (unpaired) electrons. The van der Waals surface area contributed by atoms with Gasteiger partial charge in [-0.3, -0.25) is 9.59 Å². The van der Waals surface area contributed by atoms with Gasteiger partial charge in [-0.05, 0) is 55.3 Å². The standard InChI is InChI=1S/C25H24N2O4/c28-24(18-8-6-11-20(16-18)31-19-9-2-1-3-10-19)27-23-14-5-4-13-22(23)25(29)26-17-21-12-7-15-30-21/h1-6,8-11,13-14,16,21H,7,12,15,17H2,(H,26,29)(H,27,28). The van der Waals surface area contributed by atoms with Gasteiger partial charge in [0.25, 0.3) is 11.8 Å². The van der Waals surface area contributed by atoms with Crippen molar-refractivity contribution in [2.75, 3.05) is 18.5 Å². The lowest BCUT2D eigenvalue weighted by Gasteiger charge is -2.14. The van der Waals surface area contributed by atoms with Crippen LogP contribution < -0.4 is 15.4 Å². The quantitative estimate of drug-likeness (QED) is 0.588. The Balaban J connectivity index is 1.44. The Morgan fingerprint density at radius 2 is 1.68 bits per heavy atom. The van der Waals surface area contributed by atoms with Crippen molar-refractivity contribution in [3.8, 4) is 11.5 Å². The maximum Gasteiger partial charge on any atom is 0.255 e. The van der Waals surface area contributed by atoms with Gasteiger partial charge in [-0.25, -0.2) is 0 Å². The third-order valence-electron chi connectivity index (χ3n) is 5.01. The molecule has 31 heavy (non-hydrogen) atoms. The Labute approximate surface area is 181 Å². The number of nitrogens with one attached hydrogen (secondary N) is 2. The topological polar surface area (TPSA) is 76.7 Å². The highest BCUT2D eigenvalue weighted by molar-refractivity contribution is 6.09. The first-order valence-electron chi connectivity index (χ1n) is 10.3. The summed E-state index contributed by atoms with van der Waals surface area (Å²) in [6, 6.07) is 23.2. The summed E-state index contributed by atoms with van der Waals surface area (Å²) in [7, 11) is 0. The first-order chi connectivity index (χ1) is 15.2. The van der Waals surface area contributed by atoms with Gasteiger partial charge in [0.15, 0.2) is 0 Å². The molecule has 1 heterocycles. The van der Waals surface area contributed by atoms with Crippen LogP contribution in [-0.4, -0.2) is 31.1 Å². The van der Waals surface area contributed by atoms with E-state index in [1.165, 1.54) is 0 Å². The molecule has 1 aliphatic rings. The van der Waals surface area contributed by atoms with E-state index in [0.717, 1.165) is 19.4 Å². The second-order valence-electron chi connectivity index (χ2n) is 7.29. The zero-order valence-electron chi connectivity index (χ0n) is 17.0. The number of carbonyl (C=O) groups excluding carboxylic acids is 2. The van der Waals surface area contributed by atoms with E-state index < -0.39 is 0 Å². The number of hydrogen-bond donors (Lipinski definition) is 2. The minimum absolute atomic E-state index is 0.0538. The number of hydrogen-bond acceptors (Lipinski definition) is 4. The van der Waals surface area contributed by atoms with Gasteiger partial charge in [0.1, 0.15) is 11.5 Å². The molecular weight excluding hydrogens is 392 g/mol. The lowest BCUT2D eigenvalue weighted by Crippen LogP contribution is -2.32. The molecule has 3 aromatic rings. The largest absolute Gasteiger partial charge is 0.457 e. The highest BCUT2D eigenvalue weighted by Gasteiger charge is 2.19. The SMILES string of the molecule is O=C(Nc1ccccc1C(=O)NCC1CCCO1)c1cccc(Oc2ccccc2)c1. The molecule has 1 unspecified atom stereocenters. The van der Waals surface area contributed by atoms with Gasteiger partial charge in [-0.2, -0.15) is 0 Å². The average Bonchev–Trinajstić information content (AvgIpc) is 3.32. The molecule has 0 spiro atoms. The van der Waals surface area contributed by atoms with E-state index in [0.29, 0.717) is 34.9 Å². The van der Waals surface area contributed by atoms with Gasteiger partial charge >= 0.3 is 0 Å². The molecule has 6 heteroatoms. The van der Waals surface area contributed by atoms with Gasteiger partial charge in [-0.15, -0.1) is 0 Å². The second-order valence-corrected chi connectivity index (χ2v) is 7.29. The maximum absolute atomic E-state index is 12.8. The number of benzene rings is 3. The van der Waals surface area contributed by atoms with Gasteiger partial charge in [0.2, 0.25) is 0 Å². The Kier molecular flexibility index (Phi) is 6.59. The number of amides is 2. The van der Waals surface area contributed by atoms with E-state index in [1.54, 1.807) is 48.5 Å². The number of rotatable bonds is 7. The lowest BCUT2D eigenvalue weighted by atomic mass is 10.1. The van der Waals surface area contributed by atoms with Crippen molar-refractivity contribution in [1.29, 1.82) is 0 Å². The van der Waals surface area contributed by atoms with E-state index in [2.05, 4.69) is 10.6 Å². The summed E-state index contributed by atoms with van der Waals surface area (Å²) in [6.07, 6.45) is 2.01. The van der Waals surface area contributed by atoms with Crippen LogP contribution in [0, 0.1) is 0 Å². The normalized spacial score (nSPS) is 15.3. The van der Waals surface area contributed by atoms with Crippen LogP contribution in [0.25, 0.3) is 0 Å². The fraction of sp³-hybridized carbons (Fsp3) is 0.200. The van der Waals surface area contributed by atoms with Crippen molar-refractivity contribution in [1.82, 2.24) is 5.32 Å². The molecule has 1 atom stereocenters. The van der Waals surface area contributed by atoms with Gasteiger partial charge in [0, 0.05) is 18.7 Å². The Morgan fingerprint density at radius 1 is 0.903 bits per heavy atom. The Bertz CT molecular complexity index is 1050. The molecule has 0 saturated carbocycles. The van der Waals surface area contributed by atoms with Crippen LogP contribution in [0.2, 0.25) is 0 Å². The molecule has 1 aliphatic heterocycles. The first-order valence-corrected chi connectivity index (χ1v) is 10.3. The molecule has 1 saturated heterocycles. The van der Waals surface area contributed by atoms with Crippen molar-refractivity contribution >= 4 is 17.5 Å². The summed E-state index contributed by atoms with van der Waals surface area (Å²) in [6.45, 7) is 1.19. The van der Waals surface area contributed by atoms with Crippen LogP contribution in [0.1, 0.15) is 33.6 Å². The fourth-order valence-corrected chi connectivity index (χ4v) is 3.42. The van der Waals surface area contributed by atoms with E-state index in [9.17, 15) is 9.59 Å². The number of para-hydroxylation sites is 2. The second kappa shape index (κ2) is 9.91. The molecule has 4 rings (SSSR count). The summed E-state index contributed by atoms with van der Waals surface area (Å²) < 4.78 is 11.4. The van der Waals surface area contributed by atoms with Crippen molar-refractivity contribution < 1.29 is 19.1 Å². The van der Waals surface area contributed by atoms with E-state index in [1.807, 2.05) is 30.3 Å². The molecular formula is C25H24N2O4. The molecule has 0 aliphatic carbocycles. The molecule has 0 aromatic heterocycles. The minimum Gasteiger partial charge on any atom is -0.457 e. The van der Waals surface area contributed by atoms with Crippen molar-refractivity contribution in [2.45, 2.75) is 18.9 Å². The van der Waals surface area contributed by atoms with Crippen LogP contribution in [-0.2, 0) is 4.74 Å². The molecule has 6 nitrogen and oxygen atoms in total. The predicted octanol–water partition coefficient (Wildman–Crippen LogP) is 4.64. The molecule has 1 fully saturated rings. The summed E-state index contributed by atoms with van der Waals surface area (Å²) >= 11 is 0. The maximum atomic E-state index is 12.8. The van der Waals surface area contributed by atoms with E-state index in [-0.39, 0.29) is 17.9 Å². The van der Waals surface area contributed by atoms with E-state index >= 15 is 0 Å². The minimum atomic E-state index is -0.321. The summed E-state index contributed by atoms with van der Waals surface area (Å²) in [5, 5.41) is 5.74. The van der Waals surface area contributed by atoms with Crippen LogP contribution in [0.4, 0.5) is 5.69 Å². The highest BCUT2D eigenvalue weighted by Crippen LogP contribution is 2.23. The molecule has 2 N–H and O–H groups in total. The van der Waals surface area contributed by atoms with Crippen LogP contribution >= 0.6 is 0 Å². The van der Waals surface area contributed by atoms with Gasteiger partial charge < -0.3 is 20.1 Å². The smallest absolute Gasteiger partial charge is 0.255 e. The third kappa shape index (κ3) is 5.49. The Morgan fingerprint density at radius 3 is 2.48 bits per heavy atom. The van der Waals surface area contributed by atoms with Crippen molar-refractivity contribution in [3.05, 3.63) is 90.0 Å².